The van der Waals surface area contributed by atoms with Crippen molar-refractivity contribution in [1.29, 1.82) is 0 Å². The van der Waals surface area contributed by atoms with Crippen LogP contribution in [0, 0.1) is 0 Å². The van der Waals surface area contributed by atoms with E-state index in [0.717, 1.165) is 0 Å². The van der Waals surface area contributed by atoms with E-state index in [1.54, 1.807) is 25.2 Å². The Morgan fingerprint density at radius 3 is 2.63 bits per heavy atom. The molecular formula is C12H12ClF2N3O. The molecule has 0 fully saturated rings. The predicted octanol–water partition coefficient (Wildman–Crippen LogP) is 2.72. The molecule has 2 rings (SSSR count). The third-order valence-corrected chi connectivity index (χ3v) is 2.99. The van der Waals surface area contributed by atoms with Crippen LogP contribution in [0.25, 0.3) is 0 Å². The molecule has 4 nitrogen and oxygen atoms in total. The van der Waals surface area contributed by atoms with Gasteiger partial charge in [-0.3, -0.25) is 4.68 Å². The first-order valence-electron chi connectivity index (χ1n) is 5.47. The zero-order chi connectivity index (χ0) is 14.0. The summed E-state index contributed by atoms with van der Waals surface area (Å²) in [6, 6.07) is 5.64. The van der Waals surface area contributed by atoms with E-state index in [1.807, 2.05) is 0 Å². The molecule has 1 atom stereocenters. The molecule has 0 aliphatic carbocycles. The molecule has 0 spiro atoms. The lowest BCUT2D eigenvalue weighted by molar-refractivity contribution is -0.0505. The van der Waals surface area contributed by atoms with E-state index in [9.17, 15) is 8.78 Å². The van der Waals surface area contributed by atoms with Crippen LogP contribution in [0.3, 0.4) is 0 Å². The minimum Gasteiger partial charge on any atom is -0.434 e. The maximum atomic E-state index is 12.4. The highest BCUT2D eigenvalue weighted by Crippen LogP contribution is 2.32. The predicted molar refractivity (Wildman–Crippen MR) is 67.3 cm³/mol. The van der Waals surface area contributed by atoms with Crippen molar-refractivity contribution in [2.75, 3.05) is 0 Å². The van der Waals surface area contributed by atoms with Crippen LogP contribution in [-0.4, -0.2) is 16.4 Å². The third-order valence-electron chi connectivity index (χ3n) is 2.70. The second kappa shape index (κ2) is 5.54. The summed E-state index contributed by atoms with van der Waals surface area (Å²) in [4.78, 5) is 0. The van der Waals surface area contributed by atoms with Crippen LogP contribution in [0.5, 0.6) is 5.75 Å². The van der Waals surface area contributed by atoms with Gasteiger partial charge in [-0.25, -0.2) is 0 Å². The van der Waals surface area contributed by atoms with Crippen LogP contribution in [-0.2, 0) is 7.05 Å². The van der Waals surface area contributed by atoms with Crippen molar-refractivity contribution in [3.8, 4) is 5.75 Å². The minimum atomic E-state index is -2.91. The van der Waals surface area contributed by atoms with Crippen molar-refractivity contribution in [2.24, 2.45) is 12.8 Å². The van der Waals surface area contributed by atoms with E-state index >= 15 is 0 Å². The summed E-state index contributed by atoms with van der Waals surface area (Å²) in [5, 5.41) is 4.35. The first-order valence-corrected chi connectivity index (χ1v) is 5.85. The molecular weight excluding hydrogens is 276 g/mol. The first kappa shape index (κ1) is 13.8. The molecule has 7 heteroatoms. The van der Waals surface area contributed by atoms with Gasteiger partial charge in [-0.2, -0.15) is 13.9 Å². The van der Waals surface area contributed by atoms with Gasteiger partial charge in [0.25, 0.3) is 0 Å². The van der Waals surface area contributed by atoms with E-state index in [2.05, 4.69) is 9.84 Å². The summed E-state index contributed by atoms with van der Waals surface area (Å²) in [6.07, 6.45) is 1.45. The molecule has 0 amide bonds. The van der Waals surface area contributed by atoms with Gasteiger partial charge in [0.15, 0.2) is 0 Å². The fraction of sp³-hybridized carbons (Fsp3) is 0.250. The number of aryl methyl sites for hydroxylation is 1. The third kappa shape index (κ3) is 2.85. The number of hydrogen-bond acceptors (Lipinski definition) is 3. The van der Waals surface area contributed by atoms with Gasteiger partial charge >= 0.3 is 6.61 Å². The number of para-hydroxylation sites is 1. The van der Waals surface area contributed by atoms with Gasteiger partial charge < -0.3 is 10.5 Å². The molecule has 0 aliphatic rings. The lowest BCUT2D eigenvalue weighted by Gasteiger charge is -2.17. The van der Waals surface area contributed by atoms with Crippen molar-refractivity contribution in [1.82, 2.24) is 9.78 Å². The Labute approximate surface area is 113 Å². The van der Waals surface area contributed by atoms with Crippen molar-refractivity contribution in [2.45, 2.75) is 12.7 Å². The molecule has 1 aromatic carbocycles. The standard InChI is InChI=1S/C12H12ClF2N3O/c1-18-11(8(13)6-17-18)10(16)7-4-2-3-5-9(7)19-12(14)15/h2-6,10,12H,16H2,1H3. The molecule has 2 aromatic rings. The second-order valence-corrected chi connectivity index (χ2v) is 4.30. The average Bonchev–Trinajstić information content (AvgIpc) is 2.68. The summed E-state index contributed by atoms with van der Waals surface area (Å²) >= 11 is 6.00. The Hall–Kier alpha value is -1.66. The van der Waals surface area contributed by atoms with E-state index in [-0.39, 0.29) is 5.75 Å². The number of alkyl halides is 2. The van der Waals surface area contributed by atoms with Gasteiger partial charge in [0, 0.05) is 12.6 Å². The molecule has 0 aliphatic heterocycles. The summed E-state index contributed by atoms with van der Waals surface area (Å²) < 4.78 is 30.7. The van der Waals surface area contributed by atoms with E-state index in [4.69, 9.17) is 17.3 Å². The maximum absolute atomic E-state index is 12.4. The maximum Gasteiger partial charge on any atom is 0.387 e. The number of hydrogen-bond donors (Lipinski definition) is 1. The zero-order valence-electron chi connectivity index (χ0n) is 10.1. The molecule has 0 radical (unpaired) electrons. The highest BCUT2D eigenvalue weighted by molar-refractivity contribution is 6.31. The van der Waals surface area contributed by atoms with Gasteiger partial charge in [0.05, 0.1) is 23.0 Å². The Balaban J connectivity index is 2.41. The quantitative estimate of drug-likeness (QED) is 0.941. The summed E-state index contributed by atoms with van der Waals surface area (Å²) in [5.41, 5.74) is 7.03. The topological polar surface area (TPSA) is 53.1 Å². The Morgan fingerprint density at radius 2 is 2.05 bits per heavy atom. The van der Waals surface area contributed by atoms with Crippen LogP contribution in [0.2, 0.25) is 5.02 Å². The molecule has 19 heavy (non-hydrogen) atoms. The molecule has 102 valence electrons. The Bertz CT molecular complexity index is 554. The van der Waals surface area contributed by atoms with Crippen LogP contribution in [0.15, 0.2) is 30.5 Å². The normalized spacial score (nSPS) is 12.7. The Kier molecular flexibility index (Phi) is 4.01. The molecule has 1 aromatic heterocycles. The summed E-state index contributed by atoms with van der Waals surface area (Å²) in [6.45, 7) is -2.91. The van der Waals surface area contributed by atoms with E-state index < -0.39 is 12.7 Å². The molecule has 0 saturated carbocycles. The molecule has 0 saturated heterocycles. The molecule has 1 unspecified atom stereocenters. The van der Waals surface area contributed by atoms with Crippen LogP contribution < -0.4 is 10.5 Å². The van der Waals surface area contributed by atoms with Gasteiger partial charge in [0.2, 0.25) is 0 Å². The zero-order valence-corrected chi connectivity index (χ0v) is 10.8. The number of benzene rings is 1. The van der Waals surface area contributed by atoms with Crippen molar-refractivity contribution >= 4 is 11.6 Å². The smallest absolute Gasteiger partial charge is 0.387 e. The summed E-state index contributed by atoms with van der Waals surface area (Å²) in [5.74, 6) is 0.0299. The number of nitrogens with zero attached hydrogens (tertiary/aromatic N) is 2. The number of aromatic nitrogens is 2. The lowest BCUT2D eigenvalue weighted by atomic mass is 10.0. The SMILES string of the molecule is Cn1ncc(Cl)c1C(N)c1ccccc1OC(F)F. The number of nitrogens with two attached hydrogens (primary N) is 1. The van der Waals surface area contributed by atoms with E-state index in [1.165, 1.54) is 16.9 Å². The summed E-state index contributed by atoms with van der Waals surface area (Å²) in [7, 11) is 1.68. The van der Waals surface area contributed by atoms with Crippen molar-refractivity contribution in [3.05, 3.63) is 46.7 Å². The second-order valence-electron chi connectivity index (χ2n) is 3.90. The van der Waals surface area contributed by atoms with Gasteiger partial charge in [-0.1, -0.05) is 29.8 Å². The van der Waals surface area contributed by atoms with Crippen LogP contribution in [0.1, 0.15) is 17.3 Å². The average molecular weight is 288 g/mol. The van der Waals surface area contributed by atoms with Crippen LogP contribution in [0.4, 0.5) is 8.78 Å². The van der Waals surface area contributed by atoms with E-state index in [0.29, 0.717) is 16.3 Å². The monoisotopic (exact) mass is 287 g/mol. The largest absolute Gasteiger partial charge is 0.434 e. The fourth-order valence-electron chi connectivity index (χ4n) is 1.86. The minimum absolute atomic E-state index is 0.0299. The van der Waals surface area contributed by atoms with Crippen molar-refractivity contribution < 1.29 is 13.5 Å². The van der Waals surface area contributed by atoms with Gasteiger partial charge in [-0.05, 0) is 6.07 Å². The molecule has 0 bridgehead atoms. The Morgan fingerprint density at radius 1 is 1.37 bits per heavy atom. The van der Waals surface area contributed by atoms with Crippen molar-refractivity contribution in [3.63, 3.8) is 0 Å². The molecule has 2 N–H and O–H groups in total. The number of ether oxygens (including phenoxy) is 1. The highest BCUT2D eigenvalue weighted by Gasteiger charge is 2.21. The number of halogens is 3. The first-order chi connectivity index (χ1) is 9.00. The number of rotatable bonds is 4. The molecule has 1 heterocycles. The van der Waals surface area contributed by atoms with Gasteiger partial charge in [0.1, 0.15) is 5.75 Å². The highest BCUT2D eigenvalue weighted by atomic mass is 35.5. The lowest BCUT2D eigenvalue weighted by Crippen LogP contribution is -2.18. The van der Waals surface area contributed by atoms with Gasteiger partial charge in [-0.15, -0.1) is 0 Å². The fourth-order valence-corrected chi connectivity index (χ4v) is 2.14. The van der Waals surface area contributed by atoms with Crippen LogP contribution >= 0.6 is 11.6 Å².